The van der Waals surface area contributed by atoms with Crippen LogP contribution in [0.4, 0.5) is 13.2 Å². The minimum absolute atomic E-state index is 0.144. The predicted molar refractivity (Wildman–Crippen MR) is 54.3 cm³/mol. The van der Waals surface area contributed by atoms with Gasteiger partial charge in [-0.3, -0.25) is 4.79 Å². The van der Waals surface area contributed by atoms with Gasteiger partial charge >= 0.3 is 12.1 Å². The van der Waals surface area contributed by atoms with E-state index in [9.17, 15) is 18.0 Å². The molecule has 0 heterocycles. The van der Waals surface area contributed by atoms with Crippen LogP contribution in [0.2, 0.25) is 0 Å². The molecule has 0 unspecified atom stereocenters. The Bertz CT molecular complexity index is 195. The molecule has 0 aromatic rings. The lowest BCUT2D eigenvalue weighted by Gasteiger charge is -2.06. The lowest BCUT2D eigenvalue weighted by Crippen LogP contribution is -2.17. The van der Waals surface area contributed by atoms with Gasteiger partial charge in [0, 0.05) is 12.8 Å². The first-order valence-electron chi connectivity index (χ1n) is 5.41. The first kappa shape index (κ1) is 15.2. The van der Waals surface area contributed by atoms with Crippen molar-refractivity contribution in [2.75, 3.05) is 13.1 Å². The Kier molecular flexibility index (Phi) is 7.97. The quantitative estimate of drug-likeness (QED) is 0.610. The predicted octanol–water partition coefficient (Wildman–Crippen LogP) is 2.56. The van der Waals surface area contributed by atoms with Gasteiger partial charge in [0.25, 0.3) is 0 Å². The lowest BCUT2D eigenvalue weighted by atomic mass is 10.2. The van der Waals surface area contributed by atoms with Gasteiger partial charge in [-0.05, 0) is 38.8 Å². The molecule has 0 saturated heterocycles. The van der Waals surface area contributed by atoms with E-state index in [2.05, 4.69) is 5.32 Å². The van der Waals surface area contributed by atoms with Gasteiger partial charge in [-0.25, -0.2) is 0 Å². The van der Waals surface area contributed by atoms with E-state index in [1.54, 1.807) is 0 Å². The molecular formula is C10H18F3NO2. The number of carboxylic acids is 1. The summed E-state index contributed by atoms with van der Waals surface area (Å²) in [6.45, 7) is 1.22. The van der Waals surface area contributed by atoms with E-state index in [-0.39, 0.29) is 12.8 Å². The molecule has 0 fully saturated rings. The molecule has 0 radical (unpaired) electrons. The average Bonchev–Trinajstić information content (AvgIpc) is 2.13. The van der Waals surface area contributed by atoms with Crippen LogP contribution in [0.15, 0.2) is 0 Å². The van der Waals surface area contributed by atoms with Gasteiger partial charge in [-0.2, -0.15) is 13.2 Å². The fraction of sp³-hybridized carbons (Fsp3) is 0.900. The Morgan fingerprint density at radius 2 is 1.62 bits per heavy atom. The molecule has 0 bridgehead atoms. The van der Waals surface area contributed by atoms with Crippen molar-refractivity contribution in [3.8, 4) is 0 Å². The molecule has 96 valence electrons. The van der Waals surface area contributed by atoms with Crippen LogP contribution in [0.5, 0.6) is 0 Å². The Morgan fingerprint density at radius 3 is 2.12 bits per heavy atom. The molecule has 0 aromatic carbocycles. The van der Waals surface area contributed by atoms with Crippen molar-refractivity contribution in [1.29, 1.82) is 0 Å². The maximum absolute atomic E-state index is 11.7. The third-order valence-electron chi connectivity index (χ3n) is 2.06. The molecule has 0 amide bonds. The number of hydrogen-bond acceptors (Lipinski definition) is 2. The van der Waals surface area contributed by atoms with Crippen LogP contribution in [0.1, 0.15) is 38.5 Å². The molecular weight excluding hydrogens is 223 g/mol. The largest absolute Gasteiger partial charge is 0.481 e. The van der Waals surface area contributed by atoms with E-state index >= 15 is 0 Å². The Morgan fingerprint density at radius 1 is 1.06 bits per heavy atom. The summed E-state index contributed by atoms with van der Waals surface area (Å²) in [6.07, 6.45) is -2.65. The molecule has 0 spiro atoms. The first-order valence-corrected chi connectivity index (χ1v) is 5.41. The number of unbranched alkanes of at least 4 members (excludes halogenated alkanes) is 2. The summed E-state index contributed by atoms with van der Waals surface area (Å²) in [5.41, 5.74) is 0. The van der Waals surface area contributed by atoms with Gasteiger partial charge in [0.05, 0.1) is 0 Å². The molecule has 0 aliphatic heterocycles. The number of rotatable bonds is 9. The molecule has 0 saturated carbocycles. The van der Waals surface area contributed by atoms with E-state index in [4.69, 9.17) is 5.11 Å². The molecule has 0 aromatic heterocycles. The fourth-order valence-corrected chi connectivity index (χ4v) is 1.23. The maximum Gasteiger partial charge on any atom is 0.389 e. The van der Waals surface area contributed by atoms with E-state index < -0.39 is 18.6 Å². The summed E-state index contributed by atoms with van der Waals surface area (Å²) in [5.74, 6) is -0.815. The van der Waals surface area contributed by atoms with Gasteiger partial charge in [0.2, 0.25) is 0 Å². The summed E-state index contributed by atoms with van der Waals surface area (Å²) in [6, 6.07) is 0. The van der Waals surface area contributed by atoms with E-state index in [1.165, 1.54) is 0 Å². The summed E-state index contributed by atoms with van der Waals surface area (Å²) in [5, 5.41) is 11.3. The maximum atomic E-state index is 11.7. The van der Waals surface area contributed by atoms with E-state index in [0.29, 0.717) is 25.9 Å². The van der Waals surface area contributed by atoms with Gasteiger partial charge in [-0.1, -0.05) is 0 Å². The zero-order chi connectivity index (χ0) is 12.4. The SMILES string of the molecule is O=C(O)CCCCNCCCCC(F)(F)F. The minimum Gasteiger partial charge on any atom is -0.481 e. The van der Waals surface area contributed by atoms with E-state index in [0.717, 1.165) is 6.42 Å². The highest BCUT2D eigenvalue weighted by Crippen LogP contribution is 2.21. The third-order valence-corrected chi connectivity index (χ3v) is 2.06. The molecule has 0 atom stereocenters. The van der Waals surface area contributed by atoms with Crippen molar-refractivity contribution in [3.63, 3.8) is 0 Å². The van der Waals surface area contributed by atoms with Crippen LogP contribution in [0.3, 0.4) is 0 Å². The standard InChI is InChI=1S/C10H18F3NO2/c11-10(12,13)6-2-4-8-14-7-3-1-5-9(15)16/h14H,1-8H2,(H,15,16). The van der Waals surface area contributed by atoms with Crippen molar-refractivity contribution >= 4 is 5.97 Å². The number of alkyl halides is 3. The van der Waals surface area contributed by atoms with Crippen LogP contribution in [0.25, 0.3) is 0 Å². The smallest absolute Gasteiger partial charge is 0.389 e. The van der Waals surface area contributed by atoms with Gasteiger partial charge in [-0.15, -0.1) is 0 Å². The zero-order valence-corrected chi connectivity index (χ0v) is 9.15. The second-order valence-corrected chi connectivity index (χ2v) is 3.67. The highest BCUT2D eigenvalue weighted by atomic mass is 19.4. The summed E-state index contributed by atoms with van der Waals surface area (Å²) in [7, 11) is 0. The zero-order valence-electron chi connectivity index (χ0n) is 9.15. The van der Waals surface area contributed by atoms with Crippen LogP contribution >= 0.6 is 0 Å². The van der Waals surface area contributed by atoms with Crippen molar-refractivity contribution < 1.29 is 23.1 Å². The molecule has 16 heavy (non-hydrogen) atoms. The van der Waals surface area contributed by atoms with Crippen LogP contribution < -0.4 is 5.32 Å². The number of carbonyl (C=O) groups is 1. The summed E-state index contributed by atoms with van der Waals surface area (Å²) >= 11 is 0. The lowest BCUT2D eigenvalue weighted by molar-refractivity contribution is -0.137. The van der Waals surface area contributed by atoms with Crippen molar-refractivity contribution in [2.45, 2.75) is 44.7 Å². The number of carboxylic acid groups (broad SMARTS) is 1. The normalized spacial score (nSPS) is 11.7. The molecule has 0 rings (SSSR count). The van der Waals surface area contributed by atoms with Crippen molar-refractivity contribution in [2.24, 2.45) is 0 Å². The van der Waals surface area contributed by atoms with Crippen LogP contribution in [0, 0.1) is 0 Å². The summed E-state index contributed by atoms with van der Waals surface area (Å²) in [4.78, 5) is 10.1. The Labute approximate surface area is 93.0 Å². The monoisotopic (exact) mass is 241 g/mol. The summed E-state index contributed by atoms with van der Waals surface area (Å²) < 4.78 is 35.2. The third kappa shape index (κ3) is 13.2. The highest BCUT2D eigenvalue weighted by molar-refractivity contribution is 5.66. The Hall–Kier alpha value is -0.780. The van der Waals surface area contributed by atoms with Gasteiger partial charge in [0.1, 0.15) is 0 Å². The van der Waals surface area contributed by atoms with E-state index in [1.807, 2.05) is 0 Å². The van der Waals surface area contributed by atoms with Crippen molar-refractivity contribution in [3.05, 3.63) is 0 Å². The molecule has 6 heteroatoms. The van der Waals surface area contributed by atoms with Gasteiger partial charge in [0.15, 0.2) is 0 Å². The number of nitrogens with one attached hydrogen (secondary N) is 1. The first-order chi connectivity index (χ1) is 7.42. The minimum atomic E-state index is -4.05. The topological polar surface area (TPSA) is 49.3 Å². The number of aliphatic carboxylic acids is 1. The molecule has 0 aliphatic rings. The fourth-order valence-electron chi connectivity index (χ4n) is 1.23. The second-order valence-electron chi connectivity index (χ2n) is 3.67. The van der Waals surface area contributed by atoms with Crippen LogP contribution in [-0.2, 0) is 4.79 Å². The number of hydrogen-bond donors (Lipinski definition) is 2. The molecule has 3 nitrogen and oxygen atoms in total. The van der Waals surface area contributed by atoms with Crippen LogP contribution in [-0.4, -0.2) is 30.3 Å². The average molecular weight is 241 g/mol. The highest BCUT2D eigenvalue weighted by Gasteiger charge is 2.25. The molecule has 2 N–H and O–H groups in total. The van der Waals surface area contributed by atoms with Crippen molar-refractivity contribution in [1.82, 2.24) is 5.32 Å². The number of halogens is 3. The van der Waals surface area contributed by atoms with Gasteiger partial charge < -0.3 is 10.4 Å². The second kappa shape index (κ2) is 8.38. The molecule has 0 aliphatic carbocycles. The Balaban J connectivity index is 3.07.